The van der Waals surface area contributed by atoms with Crippen molar-refractivity contribution in [1.82, 2.24) is 5.32 Å². The highest BCUT2D eigenvalue weighted by molar-refractivity contribution is 5.75. The molecule has 3 nitrogen and oxygen atoms in total. The Bertz CT molecular complexity index is 415. The molecular weight excluding hydrogens is 212 g/mol. The molecule has 0 bridgehead atoms. The lowest BCUT2D eigenvalue weighted by atomic mass is 9.84. The van der Waals surface area contributed by atoms with E-state index in [-0.39, 0.29) is 11.4 Å². The number of nitrogens with one attached hydrogen (secondary N) is 1. The number of aryl methyl sites for hydroxylation is 2. The molecule has 1 aromatic rings. The Balaban J connectivity index is 3.20. The van der Waals surface area contributed by atoms with Crippen LogP contribution in [0.15, 0.2) is 18.2 Å². The van der Waals surface area contributed by atoms with Gasteiger partial charge in [-0.15, -0.1) is 0 Å². The Kier molecular flexibility index (Phi) is 4.29. The van der Waals surface area contributed by atoms with Crippen LogP contribution in [-0.2, 0) is 10.3 Å². The number of hydrogen-bond donors (Lipinski definition) is 2. The van der Waals surface area contributed by atoms with Gasteiger partial charge in [-0.1, -0.05) is 30.7 Å². The molecule has 1 amide bonds. The summed E-state index contributed by atoms with van der Waals surface area (Å²) in [7, 11) is 0. The highest BCUT2D eigenvalue weighted by atomic mass is 16.1. The molecule has 0 radical (unpaired) electrons. The van der Waals surface area contributed by atoms with Crippen LogP contribution in [0.2, 0.25) is 0 Å². The highest BCUT2D eigenvalue weighted by Gasteiger charge is 2.29. The van der Waals surface area contributed by atoms with E-state index in [1.165, 1.54) is 11.1 Å². The molecule has 0 aliphatic heterocycles. The summed E-state index contributed by atoms with van der Waals surface area (Å²) < 4.78 is 0. The van der Waals surface area contributed by atoms with E-state index in [0.717, 1.165) is 12.1 Å². The quantitative estimate of drug-likeness (QED) is 0.818. The van der Waals surface area contributed by atoms with E-state index in [1.54, 1.807) is 0 Å². The second-order valence-electron chi connectivity index (χ2n) is 4.82. The van der Waals surface area contributed by atoms with Crippen LogP contribution in [0.1, 0.15) is 37.0 Å². The van der Waals surface area contributed by atoms with E-state index in [9.17, 15) is 4.79 Å². The summed E-state index contributed by atoms with van der Waals surface area (Å²) in [6, 6.07) is 6.29. The third-order valence-corrected chi connectivity index (χ3v) is 3.08. The predicted molar refractivity (Wildman–Crippen MR) is 70.8 cm³/mol. The molecule has 0 saturated carbocycles. The summed E-state index contributed by atoms with van der Waals surface area (Å²) in [5.74, 6) is -0.283. The first-order valence-corrected chi connectivity index (χ1v) is 6.00. The van der Waals surface area contributed by atoms with E-state index in [4.69, 9.17) is 5.73 Å². The molecule has 0 spiro atoms. The van der Waals surface area contributed by atoms with Gasteiger partial charge in [-0.3, -0.25) is 4.79 Å². The largest absolute Gasteiger partial charge is 0.370 e. The fourth-order valence-corrected chi connectivity index (χ4v) is 2.32. The van der Waals surface area contributed by atoms with Crippen molar-refractivity contribution in [2.45, 2.75) is 39.7 Å². The van der Waals surface area contributed by atoms with E-state index in [1.807, 2.05) is 13.8 Å². The number of benzene rings is 1. The van der Waals surface area contributed by atoms with Crippen LogP contribution in [0.4, 0.5) is 0 Å². The van der Waals surface area contributed by atoms with E-state index < -0.39 is 0 Å². The molecule has 1 aromatic carbocycles. The summed E-state index contributed by atoms with van der Waals surface area (Å²) in [6.45, 7) is 8.98. The monoisotopic (exact) mass is 234 g/mol. The zero-order chi connectivity index (χ0) is 13.1. The van der Waals surface area contributed by atoms with Gasteiger partial charge >= 0.3 is 0 Å². The molecule has 3 N–H and O–H groups in total. The molecule has 0 saturated heterocycles. The number of hydrogen-bond acceptors (Lipinski definition) is 2. The Morgan fingerprint density at radius 3 is 2.59 bits per heavy atom. The van der Waals surface area contributed by atoms with Crippen LogP contribution < -0.4 is 11.1 Å². The molecule has 0 aliphatic rings. The first-order valence-electron chi connectivity index (χ1n) is 6.00. The van der Waals surface area contributed by atoms with Gasteiger partial charge in [0.05, 0.1) is 0 Å². The van der Waals surface area contributed by atoms with E-state index >= 15 is 0 Å². The van der Waals surface area contributed by atoms with Gasteiger partial charge in [-0.05, 0) is 38.4 Å². The van der Waals surface area contributed by atoms with Crippen LogP contribution in [0.5, 0.6) is 0 Å². The minimum absolute atomic E-state index is 0.283. The number of amides is 1. The summed E-state index contributed by atoms with van der Waals surface area (Å²) in [5, 5.41) is 3.37. The van der Waals surface area contributed by atoms with Crippen LogP contribution in [0.3, 0.4) is 0 Å². The molecule has 17 heavy (non-hydrogen) atoms. The SMILES string of the molecule is CCNC(C)(CC(N)=O)c1cc(C)ccc1C. The van der Waals surface area contributed by atoms with Gasteiger partial charge in [-0.25, -0.2) is 0 Å². The second-order valence-corrected chi connectivity index (χ2v) is 4.82. The smallest absolute Gasteiger partial charge is 0.219 e. The molecule has 94 valence electrons. The van der Waals surface area contributed by atoms with Gasteiger partial charge in [0.2, 0.25) is 5.91 Å². The second kappa shape index (κ2) is 5.32. The normalized spacial score (nSPS) is 14.4. The first kappa shape index (κ1) is 13.7. The minimum Gasteiger partial charge on any atom is -0.370 e. The lowest BCUT2D eigenvalue weighted by Gasteiger charge is -2.32. The van der Waals surface area contributed by atoms with Crippen molar-refractivity contribution < 1.29 is 4.79 Å². The zero-order valence-electron chi connectivity index (χ0n) is 11.1. The van der Waals surface area contributed by atoms with Gasteiger partial charge in [-0.2, -0.15) is 0 Å². The van der Waals surface area contributed by atoms with Gasteiger partial charge in [0.25, 0.3) is 0 Å². The van der Waals surface area contributed by atoms with Crippen molar-refractivity contribution in [3.05, 3.63) is 34.9 Å². The van der Waals surface area contributed by atoms with Crippen LogP contribution in [0.25, 0.3) is 0 Å². The fraction of sp³-hybridized carbons (Fsp3) is 0.500. The topological polar surface area (TPSA) is 55.1 Å². The Hall–Kier alpha value is -1.35. The summed E-state index contributed by atoms with van der Waals surface area (Å²) in [5.41, 5.74) is 8.50. The lowest BCUT2D eigenvalue weighted by molar-refractivity contribution is -0.119. The van der Waals surface area contributed by atoms with Crippen LogP contribution in [0, 0.1) is 13.8 Å². The van der Waals surface area contributed by atoms with Crippen molar-refractivity contribution in [3.63, 3.8) is 0 Å². The van der Waals surface area contributed by atoms with Crippen LogP contribution in [-0.4, -0.2) is 12.5 Å². The third kappa shape index (κ3) is 3.30. The molecule has 0 aromatic heterocycles. The zero-order valence-corrected chi connectivity index (χ0v) is 11.1. The average Bonchev–Trinajstić information content (AvgIpc) is 2.20. The van der Waals surface area contributed by atoms with Crippen molar-refractivity contribution >= 4 is 5.91 Å². The summed E-state index contributed by atoms with van der Waals surface area (Å²) in [6.07, 6.45) is 0.311. The van der Waals surface area contributed by atoms with Gasteiger partial charge < -0.3 is 11.1 Å². The van der Waals surface area contributed by atoms with E-state index in [2.05, 4.69) is 37.4 Å². The van der Waals surface area contributed by atoms with Gasteiger partial charge in [0, 0.05) is 12.0 Å². The molecule has 1 unspecified atom stereocenters. The molecule has 0 aliphatic carbocycles. The standard InChI is InChI=1S/C14H22N2O/c1-5-16-14(4,9-13(15)17)12-8-10(2)6-7-11(12)3/h6-8,16H,5,9H2,1-4H3,(H2,15,17). The fourth-order valence-electron chi connectivity index (χ4n) is 2.32. The number of carbonyl (C=O) groups is 1. The molecule has 0 fully saturated rings. The van der Waals surface area contributed by atoms with Crippen molar-refractivity contribution in [2.75, 3.05) is 6.54 Å². The lowest BCUT2D eigenvalue weighted by Crippen LogP contribution is -2.43. The summed E-state index contributed by atoms with van der Waals surface area (Å²) >= 11 is 0. The molecule has 1 rings (SSSR count). The average molecular weight is 234 g/mol. The molecular formula is C14H22N2O. The number of primary amides is 1. The van der Waals surface area contributed by atoms with E-state index in [0.29, 0.717) is 6.42 Å². The Morgan fingerprint density at radius 1 is 1.41 bits per heavy atom. The predicted octanol–water partition coefficient (Wildman–Crippen LogP) is 2.00. The number of nitrogens with two attached hydrogens (primary N) is 1. The Labute approximate surface area is 103 Å². The third-order valence-electron chi connectivity index (χ3n) is 3.08. The number of carbonyl (C=O) groups excluding carboxylic acids is 1. The Morgan fingerprint density at radius 2 is 2.06 bits per heavy atom. The highest BCUT2D eigenvalue weighted by Crippen LogP contribution is 2.28. The van der Waals surface area contributed by atoms with Crippen LogP contribution >= 0.6 is 0 Å². The maximum atomic E-state index is 11.2. The van der Waals surface area contributed by atoms with Crippen molar-refractivity contribution in [1.29, 1.82) is 0 Å². The summed E-state index contributed by atoms with van der Waals surface area (Å²) in [4.78, 5) is 11.2. The van der Waals surface area contributed by atoms with Crippen molar-refractivity contribution in [2.24, 2.45) is 5.73 Å². The molecule has 1 atom stereocenters. The van der Waals surface area contributed by atoms with Gasteiger partial charge in [0.1, 0.15) is 0 Å². The molecule has 3 heteroatoms. The minimum atomic E-state index is -0.378. The van der Waals surface area contributed by atoms with Gasteiger partial charge in [0.15, 0.2) is 0 Å². The maximum Gasteiger partial charge on any atom is 0.219 e. The molecule has 0 heterocycles. The van der Waals surface area contributed by atoms with Crippen molar-refractivity contribution in [3.8, 4) is 0 Å². The number of rotatable bonds is 5. The first-order chi connectivity index (χ1) is 7.89. The maximum absolute atomic E-state index is 11.2.